The molecule has 0 amide bonds. The summed E-state index contributed by atoms with van der Waals surface area (Å²) in [7, 11) is -3.85. The van der Waals surface area contributed by atoms with Crippen LogP contribution in [0.3, 0.4) is 0 Å². The molecule has 2 rings (SSSR count). The summed E-state index contributed by atoms with van der Waals surface area (Å²) in [6, 6.07) is 3.15. The monoisotopic (exact) mass is 301 g/mol. The van der Waals surface area contributed by atoms with Crippen LogP contribution in [-0.4, -0.2) is 19.6 Å². The van der Waals surface area contributed by atoms with Crippen molar-refractivity contribution in [3.8, 4) is 0 Å². The maximum atomic E-state index is 13.3. The second kappa shape index (κ2) is 4.51. The number of benzene rings is 1. The predicted molar refractivity (Wildman–Crippen MR) is 74.0 cm³/mol. The van der Waals surface area contributed by atoms with Gasteiger partial charge in [-0.2, -0.15) is 0 Å². The molecule has 1 aromatic carbocycles. The first kappa shape index (κ1) is 15.4. The van der Waals surface area contributed by atoms with Crippen LogP contribution in [0, 0.1) is 16.6 Å². The molecule has 0 radical (unpaired) electrons. The number of sulfonamides is 1. The highest BCUT2D eigenvalue weighted by Crippen LogP contribution is 2.62. The van der Waals surface area contributed by atoms with Crippen LogP contribution < -0.4 is 4.72 Å². The highest BCUT2D eigenvalue weighted by molar-refractivity contribution is 7.89. The Morgan fingerprint density at radius 3 is 2.25 bits per heavy atom. The minimum absolute atomic E-state index is 0.160. The van der Waals surface area contributed by atoms with Gasteiger partial charge in [-0.05, 0) is 28.5 Å². The lowest BCUT2D eigenvalue weighted by Crippen LogP contribution is -2.30. The van der Waals surface area contributed by atoms with Crippen LogP contribution in [-0.2, 0) is 16.6 Å². The number of halogens is 1. The van der Waals surface area contributed by atoms with Gasteiger partial charge in [-0.1, -0.05) is 33.8 Å². The van der Waals surface area contributed by atoms with E-state index in [1.807, 2.05) is 27.7 Å². The van der Waals surface area contributed by atoms with Gasteiger partial charge >= 0.3 is 0 Å². The maximum absolute atomic E-state index is 13.3. The van der Waals surface area contributed by atoms with Crippen molar-refractivity contribution in [3.05, 3.63) is 29.6 Å². The van der Waals surface area contributed by atoms with Gasteiger partial charge in [0.2, 0.25) is 10.0 Å². The lowest BCUT2D eigenvalue weighted by Gasteiger charge is -2.11. The molecule has 1 saturated carbocycles. The van der Waals surface area contributed by atoms with Crippen molar-refractivity contribution in [1.29, 1.82) is 0 Å². The summed E-state index contributed by atoms with van der Waals surface area (Å²) in [6.07, 6.45) is 0. The molecule has 1 aliphatic rings. The fraction of sp³-hybridized carbons (Fsp3) is 0.571. The van der Waals surface area contributed by atoms with E-state index in [1.54, 1.807) is 0 Å². The van der Waals surface area contributed by atoms with Crippen LogP contribution in [0.25, 0.3) is 0 Å². The van der Waals surface area contributed by atoms with Gasteiger partial charge in [0, 0.05) is 6.04 Å². The number of nitrogens with one attached hydrogen (secondary N) is 1. The van der Waals surface area contributed by atoms with Gasteiger partial charge in [-0.3, -0.25) is 0 Å². The minimum Gasteiger partial charge on any atom is -0.392 e. The molecule has 6 heteroatoms. The molecule has 1 aliphatic carbocycles. The summed E-state index contributed by atoms with van der Waals surface area (Å²) >= 11 is 0. The van der Waals surface area contributed by atoms with E-state index in [-0.39, 0.29) is 27.3 Å². The number of aliphatic hydroxyl groups is 1. The average Bonchev–Trinajstić information content (AvgIpc) is 2.71. The van der Waals surface area contributed by atoms with E-state index in [0.717, 1.165) is 12.1 Å². The molecule has 4 nitrogen and oxygen atoms in total. The second-order valence-electron chi connectivity index (χ2n) is 6.41. The summed E-state index contributed by atoms with van der Waals surface area (Å²) in [5.41, 5.74) is -0.130. The quantitative estimate of drug-likeness (QED) is 0.894. The Kier molecular flexibility index (Phi) is 3.48. The van der Waals surface area contributed by atoms with Crippen LogP contribution in [0.2, 0.25) is 0 Å². The van der Waals surface area contributed by atoms with Gasteiger partial charge in [-0.15, -0.1) is 0 Å². The second-order valence-corrected chi connectivity index (χ2v) is 8.09. The number of rotatable bonds is 4. The van der Waals surface area contributed by atoms with E-state index < -0.39 is 22.4 Å². The largest absolute Gasteiger partial charge is 0.392 e. The molecule has 0 bridgehead atoms. The van der Waals surface area contributed by atoms with Crippen molar-refractivity contribution >= 4 is 10.0 Å². The van der Waals surface area contributed by atoms with Crippen molar-refractivity contribution in [2.24, 2.45) is 10.8 Å². The Bertz CT molecular complexity index is 624. The number of hydrogen-bond donors (Lipinski definition) is 2. The van der Waals surface area contributed by atoms with Gasteiger partial charge in [0.1, 0.15) is 5.82 Å². The molecule has 1 aromatic rings. The Morgan fingerprint density at radius 1 is 1.25 bits per heavy atom. The first-order chi connectivity index (χ1) is 9.04. The zero-order chi connectivity index (χ0) is 15.3. The van der Waals surface area contributed by atoms with Crippen LogP contribution in [0.5, 0.6) is 0 Å². The van der Waals surface area contributed by atoms with E-state index in [2.05, 4.69) is 4.72 Å². The Balaban J connectivity index is 2.36. The SMILES string of the molecule is CC1(C)C(NS(=O)(=O)c2cc(F)ccc2CO)C1(C)C. The van der Waals surface area contributed by atoms with E-state index >= 15 is 0 Å². The van der Waals surface area contributed by atoms with E-state index in [0.29, 0.717) is 0 Å². The zero-order valence-electron chi connectivity index (χ0n) is 12.1. The highest BCUT2D eigenvalue weighted by atomic mass is 32.2. The predicted octanol–water partition coefficient (Wildman–Crippen LogP) is 2.03. The molecule has 0 atom stereocenters. The molecule has 0 aromatic heterocycles. The summed E-state index contributed by atoms with van der Waals surface area (Å²) in [4.78, 5) is -0.196. The molecule has 0 spiro atoms. The van der Waals surface area contributed by atoms with Crippen molar-refractivity contribution < 1.29 is 17.9 Å². The lowest BCUT2D eigenvalue weighted by molar-refractivity contribution is 0.278. The zero-order valence-corrected chi connectivity index (χ0v) is 12.9. The van der Waals surface area contributed by atoms with Gasteiger partial charge in [0.25, 0.3) is 0 Å². The van der Waals surface area contributed by atoms with Gasteiger partial charge in [-0.25, -0.2) is 17.5 Å². The van der Waals surface area contributed by atoms with E-state index in [9.17, 15) is 17.9 Å². The Morgan fingerprint density at radius 2 is 1.80 bits per heavy atom. The molecule has 1 fully saturated rings. The molecule has 20 heavy (non-hydrogen) atoms. The van der Waals surface area contributed by atoms with Crippen LogP contribution in [0.15, 0.2) is 23.1 Å². The van der Waals surface area contributed by atoms with Crippen molar-refractivity contribution in [3.63, 3.8) is 0 Å². The number of aliphatic hydroxyl groups excluding tert-OH is 1. The maximum Gasteiger partial charge on any atom is 0.241 e. The fourth-order valence-corrected chi connectivity index (χ4v) is 4.39. The molecule has 112 valence electrons. The number of hydrogen-bond acceptors (Lipinski definition) is 3. The first-order valence-electron chi connectivity index (χ1n) is 6.45. The Hall–Kier alpha value is -0.980. The third-order valence-corrected chi connectivity index (χ3v) is 6.29. The van der Waals surface area contributed by atoms with Crippen molar-refractivity contribution in [2.45, 2.75) is 45.2 Å². The van der Waals surface area contributed by atoms with Crippen LogP contribution in [0.4, 0.5) is 4.39 Å². The van der Waals surface area contributed by atoms with Crippen molar-refractivity contribution in [1.82, 2.24) is 4.72 Å². The molecule has 0 aliphatic heterocycles. The van der Waals surface area contributed by atoms with Gasteiger partial charge < -0.3 is 5.11 Å². The average molecular weight is 301 g/mol. The fourth-order valence-electron chi connectivity index (χ4n) is 2.62. The van der Waals surface area contributed by atoms with E-state index in [1.165, 1.54) is 6.07 Å². The van der Waals surface area contributed by atoms with Gasteiger partial charge in [0.05, 0.1) is 11.5 Å². The highest BCUT2D eigenvalue weighted by Gasteiger charge is 2.66. The molecule has 0 heterocycles. The topological polar surface area (TPSA) is 66.4 Å². The molecule has 0 unspecified atom stereocenters. The lowest BCUT2D eigenvalue weighted by atomic mass is 10.0. The Labute approximate surface area is 119 Å². The summed E-state index contributed by atoms with van der Waals surface area (Å²) in [6.45, 7) is 7.49. The molecular weight excluding hydrogens is 281 g/mol. The third-order valence-electron chi connectivity index (χ3n) is 4.78. The summed E-state index contributed by atoms with van der Waals surface area (Å²) in [5.74, 6) is -0.642. The minimum atomic E-state index is -3.85. The smallest absolute Gasteiger partial charge is 0.241 e. The van der Waals surface area contributed by atoms with Crippen molar-refractivity contribution in [2.75, 3.05) is 0 Å². The summed E-state index contributed by atoms with van der Waals surface area (Å²) < 4.78 is 40.7. The molecule has 0 saturated heterocycles. The van der Waals surface area contributed by atoms with Crippen LogP contribution in [0.1, 0.15) is 33.3 Å². The summed E-state index contributed by atoms with van der Waals surface area (Å²) in [5, 5.41) is 9.21. The standard InChI is InChI=1S/C14H20FNO3S/c1-13(2)12(14(13,3)4)16-20(18,19)11-7-10(15)6-5-9(11)8-17/h5-7,12,16-17H,8H2,1-4H3. The third kappa shape index (κ3) is 2.25. The van der Waals surface area contributed by atoms with Gasteiger partial charge in [0.15, 0.2) is 0 Å². The molecule has 2 N–H and O–H groups in total. The normalized spacial score (nSPS) is 20.9. The first-order valence-corrected chi connectivity index (χ1v) is 7.94. The van der Waals surface area contributed by atoms with Crippen LogP contribution >= 0.6 is 0 Å². The van der Waals surface area contributed by atoms with E-state index in [4.69, 9.17) is 0 Å². The molecular formula is C14H20FNO3S.